The first-order chi connectivity index (χ1) is 8.84. The van der Waals surface area contributed by atoms with Gasteiger partial charge in [-0.3, -0.25) is 0 Å². The van der Waals surface area contributed by atoms with Crippen LogP contribution in [0.4, 0.5) is 5.82 Å². The van der Waals surface area contributed by atoms with E-state index in [1.807, 2.05) is 11.8 Å². The summed E-state index contributed by atoms with van der Waals surface area (Å²) in [6, 6.07) is 4.18. The smallest absolute Gasteiger partial charge is 0.151 e. The lowest BCUT2D eigenvalue weighted by molar-refractivity contribution is 0.820. The van der Waals surface area contributed by atoms with Gasteiger partial charge in [0.2, 0.25) is 0 Å². The number of aryl methyl sites for hydroxylation is 1. The highest BCUT2D eigenvalue weighted by molar-refractivity contribution is 7.99. The van der Waals surface area contributed by atoms with Crippen molar-refractivity contribution in [3.05, 3.63) is 28.5 Å². The Bertz CT molecular complexity index is 515. The van der Waals surface area contributed by atoms with Crippen LogP contribution in [0.25, 0.3) is 11.3 Å². The lowest BCUT2D eigenvalue weighted by atomic mass is 10.1. The number of rotatable bonds is 2. The third kappa shape index (κ3) is 2.37. The first-order valence-corrected chi connectivity index (χ1v) is 8.14. The summed E-state index contributed by atoms with van der Waals surface area (Å²) in [4.78, 5) is 2.31. The van der Waals surface area contributed by atoms with Gasteiger partial charge in [-0.15, -0.1) is 10.2 Å². The van der Waals surface area contributed by atoms with Crippen molar-refractivity contribution in [3.8, 4) is 11.3 Å². The molecule has 1 saturated heterocycles. The van der Waals surface area contributed by atoms with E-state index in [1.54, 1.807) is 11.3 Å². The van der Waals surface area contributed by atoms with Gasteiger partial charge in [-0.05, 0) is 30.0 Å². The molecule has 0 spiro atoms. The summed E-state index contributed by atoms with van der Waals surface area (Å²) >= 11 is 3.72. The van der Waals surface area contributed by atoms with Gasteiger partial charge in [-0.2, -0.15) is 23.1 Å². The molecule has 0 aliphatic carbocycles. The molecule has 0 aromatic carbocycles. The fourth-order valence-corrected chi connectivity index (χ4v) is 3.80. The highest BCUT2D eigenvalue weighted by Crippen LogP contribution is 2.25. The minimum Gasteiger partial charge on any atom is -0.353 e. The lowest BCUT2D eigenvalue weighted by Gasteiger charge is -2.26. The van der Waals surface area contributed by atoms with Gasteiger partial charge in [-0.1, -0.05) is 0 Å². The number of thiophene rings is 1. The predicted molar refractivity (Wildman–Crippen MR) is 79.6 cm³/mol. The van der Waals surface area contributed by atoms with Crippen molar-refractivity contribution < 1.29 is 0 Å². The lowest BCUT2D eigenvalue weighted by Crippen LogP contribution is -2.33. The van der Waals surface area contributed by atoms with Crippen molar-refractivity contribution in [1.82, 2.24) is 10.2 Å². The first-order valence-electron chi connectivity index (χ1n) is 6.04. The second-order valence-electron chi connectivity index (χ2n) is 4.34. The van der Waals surface area contributed by atoms with Gasteiger partial charge < -0.3 is 4.90 Å². The molecular formula is C13H15N3S2. The number of anilines is 1. The summed E-state index contributed by atoms with van der Waals surface area (Å²) in [5, 5.41) is 13.0. The SMILES string of the molecule is Cc1cscc1-c1ccc(N2CCSCC2)nn1. The zero-order chi connectivity index (χ0) is 12.4. The van der Waals surface area contributed by atoms with Gasteiger partial charge in [0, 0.05) is 35.5 Å². The van der Waals surface area contributed by atoms with Crippen molar-refractivity contribution in [2.75, 3.05) is 29.5 Å². The van der Waals surface area contributed by atoms with Gasteiger partial charge in [0.25, 0.3) is 0 Å². The highest BCUT2D eigenvalue weighted by Gasteiger charge is 2.13. The van der Waals surface area contributed by atoms with E-state index >= 15 is 0 Å². The summed E-state index contributed by atoms with van der Waals surface area (Å²) < 4.78 is 0. The van der Waals surface area contributed by atoms with E-state index in [1.165, 1.54) is 22.6 Å². The Morgan fingerprint density at radius 2 is 1.94 bits per heavy atom. The second kappa shape index (κ2) is 5.28. The maximum Gasteiger partial charge on any atom is 0.151 e. The van der Waals surface area contributed by atoms with Crippen molar-refractivity contribution in [2.45, 2.75) is 6.92 Å². The number of aromatic nitrogens is 2. The van der Waals surface area contributed by atoms with E-state index in [2.05, 4.69) is 44.9 Å². The Balaban J connectivity index is 1.82. The van der Waals surface area contributed by atoms with Crippen LogP contribution in [0.3, 0.4) is 0 Å². The molecule has 3 heterocycles. The van der Waals surface area contributed by atoms with Crippen LogP contribution < -0.4 is 4.90 Å². The average Bonchev–Trinajstić information content (AvgIpc) is 2.86. The van der Waals surface area contributed by atoms with Crippen molar-refractivity contribution in [1.29, 1.82) is 0 Å². The van der Waals surface area contributed by atoms with Gasteiger partial charge in [-0.25, -0.2) is 0 Å². The molecule has 0 atom stereocenters. The molecule has 0 unspecified atom stereocenters. The molecule has 5 heteroatoms. The molecule has 2 aromatic rings. The quantitative estimate of drug-likeness (QED) is 0.843. The van der Waals surface area contributed by atoms with Crippen LogP contribution in [0.2, 0.25) is 0 Å². The molecule has 18 heavy (non-hydrogen) atoms. The number of thioether (sulfide) groups is 1. The molecule has 94 valence electrons. The molecule has 1 fully saturated rings. The van der Waals surface area contributed by atoms with E-state index in [9.17, 15) is 0 Å². The van der Waals surface area contributed by atoms with E-state index < -0.39 is 0 Å². The molecule has 0 saturated carbocycles. The van der Waals surface area contributed by atoms with Crippen LogP contribution in [0.1, 0.15) is 5.56 Å². The molecule has 3 nitrogen and oxygen atoms in total. The van der Waals surface area contributed by atoms with Gasteiger partial charge in [0.15, 0.2) is 5.82 Å². The average molecular weight is 277 g/mol. The minimum atomic E-state index is 0.976. The van der Waals surface area contributed by atoms with Gasteiger partial charge in [0.05, 0.1) is 5.69 Å². The summed E-state index contributed by atoms with van der Waals surface area (Å²) in [6.45, 7) is 4.27. The topological polar surface area (TPSA) is 29.0 Å². The Kier molecular flexibility index (Phi) is 3.52. The molecule has 1 aliphatic heterocycles. The molecule has 0 N–H and O–H groups in total. The molecule has 1 aliphatic rings. The normalized spacial score (nSPS) is 15.9. The zero-order valence-corrected chi connectivity index (χ0v) is 11.9. The third-order valence-corrected chi connectivity index (χ3v) is 4.92. The second-order valence-corrected chi connectivity index (χ2v) is 6.31. The monoisotopic (exact) mass is 277 g/mol. The summed E-state index contributed by atoms with van der Waals surface area (Å²) in [5.74, 6) is 3.38. The zero-order valence-electron chi connectivity index (χ0n) is 10.3. The van der Waals surface area contributed by atoms with E-state index in [0.717, 1.165) is 24.6 Å². The number of hydrogen-bond donors (Lipinski definition) is 0. The molecule has 0 amide bonds. The Hall–Kier alpha value is -1.07. The largest absolute Gasteiger partial charge is 0.353 e. The van der Waals surface area contributed by atoms with Crippen LogP contribution in [-0.4, -0.2) is 34.8 Å². The fourth-order valence-electron chi connectivity index (χ4n) is 2.05. The van der Waals surface area contributed by atoms with Crippen molar-refractivity contribution in [2.24, 2.45) is 0 Å². The van der Waals surface area contributed by atoms with E-state index in [0.29, 0.717) is 0 Å². The van der Waals surface area contributed by atoms with Gasteiger partial charge >= 0.3 is 0 Å². The maximum atomic E-state index is 4.37. The summed E-state index contributed by atoms with van der Waals surface area (Å²) in [5.41, 5.74) is 3.45. The van der Waals surface area contributed by atoms with Crippen LogP contribution in [-0.2, 0) is 0 Å². The Morgan fingerprint density at radius 3 is 2.56 bits per heavy atom. The number of hydrogen-bond acceptors (Lipinski definition) is 5. The van der Waals surface area contributed by atoms with Crippen molar-refractivity contribution >= 4 is 28.9 Å². The molecule has 0 bridgehead atoms. The van der Waals surface area contributed by atoms with E-state index in [4.69, 9.17) is 0 Å². The Labute approximate surface area is 115 Å². The Morgan fingerprint density at radius 1 is 1.11 bits per heavy atom. The van der Waals surface area contributed by atoms with Crippen LogP contribution in [0.15, 0.2) is 22.9 Å². The third-order valence-electron chi connectivity index (χ3n) is 3.12. The molecule has 2 aromatic heterocycles. The van der Waals surface area contributed by atoms with Gasteiger partial charge in [0.1, 0.15) is 0 Å². The predicted octanol–water partition coefficient (Wildman–Crippen LogP) is 3.07. The molecular weight excluding hydrogens is 262 g/mol. The van der Waals surface area contributed by atoms with Crippen LogP contribution >= 0.6 is 23.1 Å². The molecule has 0 radical (unpaired) electrons. The minimum absolute atomic E-state index is 0.976. The van der Waals surface area contributed by atoms with E-state index in [-0.39, 0.29) is 0 Å². The fraction of sp³-hybridized carbons (Fsp3) is 0.385. The maximum absolute atomic E-state index is 4.37. The summed E-state index contributed by atoms with van der Waals surface area (Å²) in [7, 11) is 0. The summed E-state index contributed by atoms with van der Waals surface area (Å²) in [6.07, 6.45) is 0. The molecule has 3 rings (SSSR count). The number of nitrogens with zero attached hydrogens (tertiary/aromatic N) is 3. The highest BCUT2D eigenvalue weighted by atomic mass is 32.2. The first kappa shape index (κ1) is 12.0. The van der Waals surface area contributed by atoms with Crippen LogP contribution in [0.5, 0.6) is 0 Å². The van der Waals surface area contributed by atoms with Crippen LogP contribution in [0, 0.1) is 6.92 Å². The van der Waals surface area contributed by atoms with Crippen molar-refractivity contribution in [3.63, 3.8) is 0 Å². The standard InChI is InChI=1S/C13H15N3S2/c1-10-8-18-9-11(10)12-2-3-13(15-14-12)16-4-6-17-7-5-16/h2-3,8-9H,4-7H2,1H3.